The first kappa shape index (κ1) is 23.8. The number of nitrogens with two attached hydrogens (primary N) is 1. The summed E-state index contributed by atoms with van der Waals surface area (Å²) >= 11 is 0. The van der Waals surface area contributed by atoms with Crippen LogP contribution in [0.2, 0.25) is 0 Å². The van der Waals surface area contributed by atoms with Crippen molar-refractivity contribution in [2.45, 2.75) is 0 Å². The molecule has 0 spiro atoms. The Morgan fingerprint density at radius 2 is 1.67 bits per heavy atom. The van der Waals surface area contributed by atoms with E-state index < -0.39 is 0 Å². The number of hydrogen-bond acceptors (Lipinski definition) is 9. The Morgan fingerprint density at radius 3 is 2.36 bits per heavy atom. The first-order chi connectivity index (χ1) is 17.6. The molecule has 1 fully saturated rings. The second kappa shape index (κ2) is 10.8. The van der Waals surface area contributed by atoms with Gasteiger partial charge in [0.15, 0.2) is 0 Å². The van der Waals surface area contributed by atoms with Crippen LogP contribution in [0.25, 0.3) is 22.3 Å². The normalized spacial score (nSPS) is 14.1. The molecule has 9 heteroatoms. The Balaban J connectivity index is 1.53. The molecule has 0 radical (unpaired) electrons. The molecule has 1 saturated heterocycles. The number of pyridine rings is 1. The Morgan fingerprint density at radius 1 is 0.889 bits per heavy atom. The van der Waals surface area contributed by atoms with Gasteiger partial charge in [-0.2, -0.15) is 0 Å². The van der Waals surface area contributed by atoms with E-state index in [-0.39, 0.29) is 0 Å². The van der Waals surface area contributed by atoms with Gasteiger partial charge in [0, 0.05) is 67.5 Å². The lowest BCUT2D eigenvalue weighted by Crippen LogP contribution is -2.40. The SMILES string of the molecule is COc1cc(OC)cc(N(CCN2CCOCC2)c2ccc3ncc(-c4ccc(N)nc4)nc3c2)c1. The second-order valence-corrected chi connectivity index (χ2v) is 8.58. The van der Waals surface area contributed by atoms with Crippen LogP contribution in [0.5, 0.6) is 11.5 Å². The molecule has 0 bridgehead atoms. The molecule has 2 N–H and O–H groups in total. The summed E-state index contributed by atoms with van der Waals surface area (Å²) in [4.78, 5) is 18.4. The third kappa shape index (κ3) is 5.32. The third-order valence-electron chi connectivity index (χ3n) is 6.31. The lowest BCUT2D eigenvalue weighted by Gasteiger charge is -2.31. The van der Waals surface area contributed by atoms with Crippen molar-refractivity contribution < 1.29 is 14.2 Å². The molecule has 36 heavy (non-hydrogen) atoms. The summed E-state index contributed by atoms with van der Waals surface area (Å²) in [6, 6.07) is 15.7. The van der Waals surface area contributed by atoms with Crippen molar-refractivity contribution in [2.24, 2.45) is 0 Å². The Kier molecular flexibility index (Phi) is 7.11. The summed E-state index contributed by atoms with van der Waals surface area (Å²) in [5.74, 6) is 1.94. The maximum absolute atomic E-state index is 5.75. The molecule has 0 aliphatic carbocycles. The van der Waals surface area contributed by atoms with Gasteiger partial charge in [0.05, 0.1) is 50.4 Å². The Hall–Kier alpha value is -3.95. The minimum absolute atomic E-state index is 0.472. The molecule has 5 rings (SSSR count). The van der Waals surface area contributed by atoms with Crippen molar-refractivity contribution >= 4 is 28.2 Å². The van der Waals surface area contributed by atoms with Gasteiger partial charge in [-0.05, 0) is 30.3 Å². The zero-order valence-electron chi connectivity index (χ0n) is 20.6. The first-order valence-corrected chi connectivity index (χ1v) is 11.9. The van der Waals surface area contributed by atoms with Crippen LogP contribution in [0.1, 0.15) is 0 Å². The fraction of sp³-hybridized carbons (Fsp3) is 0.296. The van der Waals surface area contributed by atoms with E-state index in [1.807, 2.05) is 30.3 Å². The van der Waals surface area contributed by atoms with Gasteiger partial charge in [-0.25, -0.2) is 9.97 Å². The lowest BCUT2D eigenvalue weighted by molar-refractivity contribution is 0.0394. The number of fused-ring (bicyclic) bond motifs is 1. The number of benzene rings is 2. The van der Waals surface area contributed by atoms with E-state index in [2.05, 4.69) is 31.9 Å². The average molecular weight is 487 g/mol. The molecule has 0 atom stereocenters. The molecule has 1 aliphatic rings. The number of morpholine rings is 1. The van der Waals surface area contributed by atoms with Crippen LogP contribution in [0.3, 0.4) is 0 Å². The maximum atomic E-state index is 5.75. The smallest absolute Gasteiger partial charge is 0.124 e. The predicted octanol–water partition coefficient (Wildman–Crippen LogP) is 3.76. The van der Waals surface area contributed by atoms with Gasteiger partial charge in [-0.15, -0.1) is 0 Å². The summed E-state index contributed by atoms with van der Waals surface area (Å²) < 4.78 is 16.6. The van der Waals surface area contributed by atoms with Crippen molar-refractivity contribution in [1.82, 2.24) is 19.9 Å². The summed E-state index contributed by atoms with van der Waals surface area (Å²) in [7, 11) is 3.33. The lowest BCUT2D eigenvalue weighted by atomic mass is 10.1. The molecule has 3 heterocycles. The second-order valence-electron chi connectivity index (χ2n) is 8.58. The minimum Gasteiger partial charge on any atom is -0.497 e. The number of methoxy groups -OCH3 is 2. The highest BCUT2D eigenvalue weighted by molar-refractivity contribution is 5.82. The number of hydrogen-bond donors (Lipinski definition) is 1. The first-order valence-electron chi connectivity index (χ1n) is 11.9. The van der Waals surface area contributed by atoms with Gasteiger partial charge in [0.2, 0.25) is 0 Å². The highest BCUT2D eigenvalue weighted by Gasteiger charge is 2.17. The largest absolute Gasteiger partial charge is 0.497 e. The highest BCUT2D eigenvalue weighted by atomic mass is 16.5. The predicted molar refractivity (Wildman–Crippen MR) is 141 cm³/mol. The number of ether oxygens (including phenoxy) is 3. The fourth-order valence-corrected chi connectivity index (χ4v) is 4.29. The summed E-state index contributed by atoms with van der Waals surface area (Å²) in [5, 5.41) is 0. The molecule has 0 saturated carbocycles. The van der Waals surface area contributed by atoms with Gasteiger partial charge >= 0.3 is 0 Å². The molecule has 1 aliphatic heterocycles. The monoisotopic (exact) mass is 486 g/mol. The Bertz CT molecular complexity index is 1300. The molecular formula is C27H30N6O3. The van der Waals surface area contributed by atoms with Gasteiger partial charge in [0.25, 0.3) is 0 Å². The van der Waals surface area contributed by atoms with Crippen LogP contribution in [0, 0.1) is 0 Å². The van der Waals surface area contributed by atoms with Gasteiger partial charge in [-0.1, -0.05) is 0 Å². The van der Waals surface area contributed by atoms with Crippen molar-refractivity contribution in [3.05, 3.63) is 60.9 Å². The molecule has 186 valence electrons. The van der Waals surface area contributed by atoms with Gasteiger partial charge in [-0.3, -0.25) is 9.88 Å². The van der Waals surface area contributed by atoms with Crippen LogP contribution >= 0.6 is 0 Å². The van der Waals surface area contributed by atoms with E-state index >= 15 is 0 Å². The van der Waals surface area contributed by atoms with E-state index in [0.717, 1.165) is 84.6 Å². The number of nitrogen functional groups attached to an aromatic ring is 1. The van der Waals surface area contributed by atoms with Crippen molar-refractivity contribution in [1.29, 1.82) is 0 Å². The van der Waals surface area contributed by atoms with Crippen LogP contribution < -0.4 is 20.1 Å². The zero-order valence-corrected chi connectivity index (χ0v) is 20.6. The average Bonchev–Trinajstić information content (AvgIpc) is 2.93. The van der Waals surface area contributed by atoms with Crippen molar-refractivity contribution in [2.75, 3.05) is 64.2 Å². The zero-order chi connectivity index (χ0) is 24.9. The fourth-order valence-electron chi connectivity index (χ4n) is 4.29. The molecular weight excluding hydrogens is 456 g/mol. The third-order valence-corrected chi connectivity index (χ3v) is 6.31. The van der Waals surface area contributed by atoms with Crippen LogP contribution in [0.4, 0.5) is 17.2 Å². The van der Waals surface area contributed by atoms with Gasteiger partial charge < -0.3 is 24.8 Å². The standard InChI is InChI=1S/C27H30N6O3/c1-34-22-13-21(14-23(16-22)35-2)33(8-7-32-9-11-36-12-10-32)20-4-5-24-25(15-20)31-26(18-29-24)19-3-6-27(28)30-17-19/h3-6,13-18H,7-12H2,1-2H3,(H2,28,30). The van der Waals surface area contributed by atoms with Crippen LogP contribution in [0.15, 0.2) is 60.9 Å². The molecule has 2 aromatic carbocycles. The number of aromatic nitrogens is 3. The van der Waals surface area contributed by atoms with E-state index in [4.69, 9.17) is 24.9 Å². The highest BCUT2D eigenvalue weighted by Crippen LogP contribution is 2.34. The van der Waals surface area contributed by atoms with Crippen molar-refractivity contribution in [3.63, 3.8) is 0 Å². The number of anilines is 3. The summed E-state index contributed by atoms with van der Waals surface area (Å²) in [6.07, 6.45) is 3.48. The van der Waals surface area contributed by atoms with Crippen LogP contribution in [-0.4, -0.2) is 73.5 Å². The number of nitrogens with zero attached hydrogens (tertiary/aromatic N) is 5. The molecule has 0 unspecified atom stereocenters. The number of rotatable bonds is 8. The Labute approximate surface area is 210 Å². The topological polar surface area (TPSA) is 98.9 Å². The minimum atomic E-state index is 0.472. The van der Waals surface area contributed by atoms with E-state index in [1.54, 1.807) is 32.7 Å². The maximum Gasteiger partial charge on any atom is 0.124 e. The molecule has 4 aromatic rings. The van der Waals surface area contributed by atoms with Crippen molar-refractivity contribution in [3.8, 4) is 22.8 Å². The molecule has 0 amide bonds. The summed E-state index contributed by atoms with van der Waals surface area (Å²) in [6.45, 7) is 5.05. The molecule has 9 nitrogen and oxygen atoms in total. The van der Waals surface area contributed by atoms with Crippen LogP contribution in [-0.2, 0) is 4.74 Å². The van der Waals surface area contributed by atoms with Gasteiger partial charge in [0.1, 0.15) is 17.3 Å². The van der Waals surface area contributed by atoms with E-state index in [0.29, 0.717) is 5.82 Å². The van der Waals surface area contributed by atoms with E-state index in [1.165, 1.54) is 0 Å². The quantitative estimate of drug-likeness (QED) is 0.399. The van der Waals surface area contributed by atoms with E-state index in [9.17, 15) is 0 Å². The molecule has 2 aromatic heterocycles. The summed E-state index contributed by atoms with van der Waals surface area (Å²) in [5.41, 5.74) is 11.0.